The second-order valence-corrected chi connectivity index (χ2v) is 9.97. The average Bonchev–Trinajstić information content (AvgIpc) is 2.94. The van der Waals surface area contributed by atoms with Crippen molar-refractivity contribution >= 4 is 35.2 Å². The van der Waals surface area contributed by atoms with Crippen LogP contribution in [-0.4, -0.2) is 65.2 Å². The van der Waals surface area contributed by atoms with Crippen LogP contribution in [-0.2, 0) is 0 Å². The molecule has 1 fully saturated rings. The molecule has 2 aromatic heterocycles. The lowest BCUT2D eigenvalue weighted by atomic mass is 10.0. The summed E-state index contributed by atoms with van der Waals surface area (Å²) in [6.07, 6.45) is 6.40. The number of β-amino-alcohol motifs (C(OH)–C–C–N with tert-alkyl or cyclic N) is 1. The Morgan fingerprint density at radius 2 is 2.00 bits per heavy atom. The molecule has 1 saturated heterocycles. The quantitative estimate of drug-likeness (QED) is 0.177. The van der Waals surface area contributed by atoms with Crippen LogP contribution < -0.4 is 15.1 Å². The summed E-state index contributed by atoms with van der Waals surface area (Å²) >= 11 is 0. The normalized spacial score (nSPS) is 12.9. The molecule has 1 amide bonds. The second-order valence-electron chi connectivity index (χ2n) is 9.97. The summed E-state index contributed by atoms with van der Waals surface area (Å²) in [5, 5.41) is 28.2. The standard InChI is InChI=1S/C31H37N7O2/c1-4-6-13-37(12-5-2)29-15-24(16-30(36-29)38-19-26(39)20-38)27-17-25(18-34-21(27)3)35-31(40)23-9-7-8-22(14-23)28(33)10-11-32/h4,7-9,11,14-18,26,32-33,39H,1,5-6,10,12-13,19-20H2,2-3H3,(H,35,40). The molecule has 0 spiro atoms. The molecule has 3 aromatic rings. The lowest BCUT2D eigenvalue weighted by molar-refractivity contribution is 0.102. The maximum atomic E-state index is 13.1. The Balaban J connectivity index is 1.66. The molecule has 0 radical (unpaired) electrons. The van der Waals surface area contributed by atoms with E-state index in [9.17, 15) is 9.90 Å². The van der Waals surface area contributed by atoms with Gasteiger partial charge in [0.25, 0.3) is 5.91 Å². The van der Waals surface area contributed by atoms with E-state index in [1.54, 1.807) is 30.5 Å². The zero-order valence-corrected chi connectivity index (χ0v) is 23.2. The van der Waals surface area contributed by atoms with Crippen LogP contribution in [0.15, 0.2) is 61.3 Å². The van der Waals surface area contributed by atoms with Gasteiger partial charge in [0, 0.05) is 61.3 Å². The molecule has 1 aliphatic heterocycles. The fourth-order valence-electron chi connectivity index (χ4n) is 4.65. The Kier molecular flexibility index (Phi) is 9.39. The number of hydrogen-bond donors (Lipinski definition) is 4. The number of nitrogens with one attached hydrogen (secondary N) is 3. The Labute approximate surface area is 235 Å². The first-order valence-electron chi connectivity index (χ1n) is 13.6. The van der Waals surface area contributed by atoms with Crippen LogP contribution in [0.1, 0.15) is 47.8 Å². The van der Waals surface area contributed by atoms with Crippen LogP contribution in [0.2, 0.25) is 0 Å². The summed E-state index contributed by atoms with van der Waals surface area (Å²) in [6.45, 7) is 10.7. The van der Waals surface area contributed by atoms with Crippen LogP contribution in [0, 0.1) is 17.7 Å². The number of aliphatic hydroxyl groups is 1. The van der Waals surface area contributed by atoms with Crippen LogP contribution in [0.4, 0.5) is 17.3 Å². The van der Waals surface area contributed by atoms with E-state index in [2.05, 4.69) is 39.7 Å². The summed E-state index contributed by atoms with van der Waals surface area (Å²) in [5.41, 5.74) is 4.52. The predicted molar refractivity (Wildman–Crippen MR) is 162 cm³/mol. The zero-order valence-electron chi connectivity index (χ0n) is 23.2. The number of hydrogen-bond acceptors (Lipinski definition) is 8. The predicted octanol–water partition coefficient (Wildman–Crippen LogP) is 5.09. The van der Waals surface area contributed by atoms with Gasteiger partial charge in [0.1, 0.15) is 11.6 Å². The molecule has 0 aliphatic carbocycles. The van der Waals surface area contributed by atoms with Crippen LogP contribution in [0.3, 0.4) is 0 Å². The van der Waals surface area contributed by atoms with Crippen molar-refractivity contribution in [3.63, 3.8) is 0 Å². The van der Waals surface area contributed by atoms with Crippen molar-refractivity contribution in [3.05, 3.63) is 78.1 Å². The van der Waals surface area contributed by atoms with E-state index in [-0.39, 0.29) is 24.1 Å². The van der Waals surface area contributed by atoms with Gasteiger partial charge >= 0.3 is 0 Å². The van der Waals surface area contributed by atoms with Crippen LogP contribution >= 0.6 is 0 Å². The van der Waals surface area contributed by atoms with E-state index < -0.39 is 0 Å². The van der Waals surface area contributed by atoms with Crippen LogP contribution in [0.25, 0.3) is 11.1 Å². The van der Waals surface area contributed by atoms with E-state index in [1.165, 1.54) is 6.21 Å². The van der Waals surface area contributed by atoms with Gasteiger partial charge in [-0.2, -0.15) is 0 Å². The van der Waals surface area contributed by atoms with E-state index in [1.807, 2.05) is 25.1 Å². The van der Waals surface area contributed by atoms with Crippen molar-refractivity contribution in [3.8, 4) is 11.1 Å². The molecule has 3 heterocycles. The number of nitrogens with zero attached hydrogens (tertiary/aromatic N) is 4. The monoisotopic (exact) mass is 539 g/mol. The SMILES string of the molecule is C=CCCN(CCC)c1cc(-c2cc(NC(=O)c3cccc(C(=N)CC=N)c3)cnc2C)cc(N2CC(O)C2)n1. The van der Waals surface area contributed by atoms with Gasteiger partial charge in [0.2, 0.25) is 0 Å². The maximum Gasteiger partial charge on any atom is 0.255 e. The summed E-state index contributed by atoms with van der Waals surface area (Å²) in [6, 6.07) is 12.9. The number of aryl methyl sites for hydroxylation is 1. The molecule has 1 aliphatic rings. The summed E-state index contributed by atoms with van der Waals surface area (Å²) in [7, 11) is 0. The highest BCUT2D eigenvalue weighted by Crippen LogP contribution is 2.33. The molecule has 1 aromatic carbocycles. The van der Waals surface area contributed by atoms with Gasteiger partial charge in [0.05, 0.1) is 18.0 Å². The van der Waals surface area contributed by atoms with E-state index in [4.69, 9.17) is 15.8 Å². The first-order valence-corrected chi connectivity index (χ1v) is 13.6. The van der Waals surface area contributed by atoms with Gasteiger partial charge in [-0.05, 0) is 61.2 Å². The Bertz CT molecular complexity index is 1400. The average molecular weight is 540 g/mol. The second kappa shape index (κ2) is 13.1. The van der Waals surface area contributed by atoms with Gasteiger partial charge in [0.15, 0.2) is 0 Å². The number of aliphatic hydroxyl groups excluding tert-OH is 1. The van der Waals surface area contributed by atoms with Crippen molar-refractivity contribution in [2.75, 3.05) is 41.3 Å². The molecule has 4 N–H and O–H groups in total. The molecule has 40 heavy (non-hydrogen) atoms. The number of carbonyl (C=O) groups is 1. The first kappa shape index (κ1) is 28.6. The van der Waals surface area contributed by atoms with Crippen molar-refractivity contribution < 1.29 is 9.90 Å². The fraction of sp³-hybridized carbons (Fsp3) is 0.323. The van der Waals surface area contributed by atoms with Crippen molar-refractivity contribution in [2.45, 2.75) is 39.2 Å². The van der Waals surface area contributed by atoms with Gasteiger partial charge in [-0.1, -0.05) is 25.1 Å². The van der Waals surface area contributed by atoms with Crippen molar-refractivity contribution in [2.24, 2.45) is 0 Å². The third-order valence-electron chi connectivity index (χ3n) is 6.84. The topological polar surface area (TPSA) is 129 Å². The third-order valence-corrected chi connectivity index (χ3v) is 6.84. The Hall–Kier alpha value is -4.37. The van der Waals surface area contributed by atoms with E-state index in [0.717, 1.165) is 54.4 Å². The molecule has 0 saturated carbocycles. The highest BCUT2D eigenvalue weighted by Gasteiger charge is 2.27. The molecule has 0 bridgehead atoms. The number of amides is 1. The number of carbonyl (C=O) groups excluding carboxylic acids is 1. The summed E-state index contributed by atoms with van der Waals surface area (Å²) < 4.78 is 0. The number of anilines is 3. The van der Waals surface area contributed by atoms with Gasteiger partial charge < -0.3 is 31.0 Å². The minimum absolute atomic E-state index is 0.214. The molecule has 9 nitrogen and oxygen atoms in total. The van der Waals surface area contributed by atoms with Gasteiger partial charge in [-0.15, -0.1) is 6.58 Å². The highest BCUT2D eigenvalue weighted by molar-refractivity contribution is 6.09. The molecular formula is C31H37N7O2. The van der Waals surface area contributed by atoms with Crippen molar-refractivity contribution in [1.29, 1.82) is 10.8 Å². The maximum absolute atomic E-state index is 13.1. The van der Waals surface area contributed by atoms with E-state index in [0.29, 0.717) is 29.9 Å². The minimum Gasteiger partial charge on any atom is -0.389 e. The van der Waals surface area contributed by atoms with Crippen molar-refractivity contribution in [1.82, 2.24) is 9.97 Å². The Morgan fingerprint density at radius 3 is 2.70 bits per heavy atom. The molecule has 208 valence electrons. The van der Waals surface area contributed by atoms with Gasteiger partial charge in [-0.25, -0.2) is 4.98 Å². The number of pyridine rings is 2. The fourth-order valence-corrected chi connectivity index (χ4v) is 4.65. The highest BCUT2D eigenvalue weighted by atomic mass is 16.3. The summed E-state index contributed by atoms with van der Waals surface area (Å²) in [4.78, 5) is 26.9. The first-order chi connectivity index (χ1) is 19.3. The largest absolute Gasteiger partial charge is 0.389 e. The van der Waals surface area contributed by atoms with E-state index >= 15 is 0 Å². The molecule has 4 rings (SSSR count). The minimum atomic E-state index is -0.351. The number of rotatable bonds is 13. The molecule has 9 heteroatoms. The van der Waals surface area contributed by atoms with Gasteiger partial charge in [-0.3, -0.25) is 9.78 Å². The smallest absolute Gasteiger partial charge is 0.255 e. The lowest BCUT2D eigenvalue weighted by Crippen LogP contribution is -2.51. The van der Waals surface area contributed by atoms with Crippen LogP contribution in [0.5, 0.6) is 0 Å². The number of aromatic nitrogens is 2. The lowest BCUT2D eigenvalue weighted by Gasteiger charge is -2.37. The molecule has 0 atom stereocenters. The number of benzene rings is 1. The molecular weight excluding hydrogens is 502 g/mol. The third kappa shape index (κ3) is 6.79. The summed E-state index contributed by atoms with van der Waals surface area (Å²) in [5.74, 6) is 1.36. The Morgan fingerprint density at radius 1 is 1.23 bits per heavy atom. The zero-order chi connectivity index (χ0) is 28.6. The molecule has 0 unspecified atom stereocenters.